The van der Waals surface area contributed by atoms with Crippen molar-refractivity contribution in [2.45, 2.75) is 6.92 Å². The number of hydrogen-bond donors (Lipinski definition) is 0. The number of nitrogens with zero attached hydrogens (tertiary/aromatic N) is 3. The Hall–Kier alpha value is -2.31. The number of ether oxygens (including phenoxy) is 1. The molecule has 7 heteroatoms. The molecule has 0 N–H and O–H groups in total. The van der Waals surface area contributed by atoms with E-state index in [2.05, 4.69) is 10.2 Å². The first-order chi connectivity index (χ1) is 8.61. The predicted molar refractivity (Wildman–Crippen MR) is 57.2 cm³/mol. The summed E-state index contributed by atoms with van der Waals surface area (Å²) in [5.74, 6) is -2.59. The summed E-state index contributed by atoms with van der Waals surface area (Å²) in [5.41, 5.74) is 0.214. The topological polar surface area (TPSA) is 57.0 Å². The highest BCUT2D eigenvalue weighted by Crippen LogP contribution is 2.11. The summed E-state index contributed by atoms with van der Waals surface area (Å²) in [5, 5.41) is 7.59. The van der Waals surface area contributed by atoms with Crippen molar-refractivity contribution in [3.63, 3.8) is 0 Å². The van der Waals surface area contributed by atoms with Crippen molar-refractivity contribution >= 4 is 5.97 Å². The average Bonchev–Trinajstić information content (AvgIpc) is 2.82. The minimum Gasteiger partial charge on any atom is -0.461 e. The molecule has 0 atom stereocenters. The van der Waals surface area contributed by atoms with Gasteiger partial charge in [-0.3, -0.25) is 0 Å². The zero-order valence-electron chi connectivity index (χ0n) is 9.43. The second-order valence-electron chi connectivity index (χ2n) is 3.34. The van der Waals surface area contributed by atoms with E-state index >= 15 is 0 Å². The quantitative estimate of drug-likeness (QED) is 0.781. The highest BCUT2D eigenvalue weighted by atomic mass is 19.2. The largest absolute Gasteiger partial charge is 0.461 e. The lowest BCUT2D eigenvalue weighted by molar-refractivity contribution is 0.0519. The van der Waals surface area contributed by atoms with Gasteiger partial charge in [-0.25, -0.2) is 13.6 Å². The van der Waals surface area contributed by atoms with Crippen LogP contribution in [-0.4, -0.2) is 27.6 Å². The van der Waals surface area contributed by atoms with Crippen LogP contribution in [0.5, 0.6) is 0 Å². The smallest absolute Gasteiger partial charge is 0.360 e. The third-order valence-corrected chi connectivity index (χ3v) is 2.11. The zero-order chi connectivity index (χ0) is 13.1. The summed E-state index contributed by atoms with van der Waals surface area (Å²) in [6.07, 6.45) is 1.19. The number of esters is 1. The van der Waals surface area contributed by atoms with Crippen LogP contribution in [0, 0.1) is 11.6 Å². The normalized spacial score (nSPS) is 10.4. The molecule has 0 radical (unpaired) electrons. The first-order valence-electron chi connectivity index (χ1n) is 5.16. The molecule has 18 heavy (non-hydrogen) atoms. The molecule has 0 fully saturated rings. The Morgan fingerprint density at radius 2 is 2.17 bits per heavy atom. The maximum absolute atomic E-state index is 13.0. The van der Waals surface area contributed by atoms with Crippen LogP contribution < -0.4 is 0 Å². The van der Waals surface area contributed by atoms with E-state index in [1.54, 1.807) is 6.92 Å². The minimum absolute atomic E-state index is 0.00147. The van der Waals surface area contributed by atoms with E-state index in [0.29, 0.717) is 0 Å². The summed E-state index contributed by atoms with van der Waals surface area (Å²) >= 11 is 0. The van der Waals surface area contributed by atoms with Gasteiger partial charge in [-0.15, -0.1) is 5.10 Å². The Balaban J connectivity index is 2.29. The monoisotopic (exact) mass is 253 g/mol. The van der Waals surface area contributed by atoms with Crippen molar-refractivity contribution in [2.24, 2.45) is 0 Å². The number of carbonyl (C=O) groups is 1. The molecule has 0 bridgehead atoms. The zero-order valence-corrected chi connectivity index (χ0v) is 9.43. The van der Waals surface area contributed by atoms with E-state index in [1.807, 2.05) is 0 Å². The second kappa shape index (κ2) is 4.91. The number of carbonyl (C=O) groups excluding carboxylic acids is 1. The molecule has 1 aromatic carbocycles. The summed E-state index contributed by atoms with van der Waals surface area (Å²) in [6.45, 7) is 1.88. The Bertz CT molecular complexity index is 583. The fourth-order valence-corrected chi connectivity index (χ4v) is 1.30. The van der Waals surface area contributed by atoms with Crippen LogP contribution in [0.15, 0.2) is 24.4 Å². The van der Waals surface area contributed by atoms with Gasteiger partial charge in [-0.1, -0.05) is 0 Å². The molecule has 0 saturated carbocycles. The molecule has 1 aromatic heterocycles. The summed E-state index contributed by atoms with van der Waals surface area (Å²) < 4.78 is 30.5. The molecule has 0 aliphatic heterocycles. The number of aromatic nitrogens is 3. The van der Waals surface area contributed by atoms with Gasteiger partial charge in [-0.2, -0.15) is 9.90 Å². The van der Waals surface area contributed by atoms with Gasteiger partial charge < -0.3 is 4.74 Å². The van der Waals surface area contributed by atoms with E-state index in [9.17, 15) is 13.6 Å². The van der Waals surface area contributed by atoms with Crippen LogP contribution in [0.25, 0.3) is 5.69 Å². The Kier molecular flexibility index (Phi) is 3.31. The maximum Gasteiger partial charge on any atom is 0.360 e. The molecule has 0 unspecified atom stereocenters. The van der Waals surface area contributed by atoms with E-state index in [4.69, 9.17) is 4.74 Å². The van der Waals surface area contributed by atoms with Gasteiger partial charge in [0.15, 0.2) is 17.3 Å². The molecule has 0 amide bonds. The summed E-state index contributed by atoms with van der Waals surface area (Å²) in [4.78, 5) is 12.4. The molecule has 94 valence electrons. The van der Waals surface area contributed by atoms with E-state index in [-0.39, 0.29) is 18.0 Å². The van der Waals surface area contributed by atoms with Gasteiger partial charge in [0.2, 0.25) is 0 Å². The van der Waals surface area contributed by atoms with Crippen molar-refractivity contribution in [1.82, 2.24) is 15.0 Å². The van der Waals surface area contributed by atoms with Crippen LogP contribution in [0.3, 0.4) is 0 Å². The van der Waals surface area contributed by atoms with E-state index in [1.165, 1.54) is 12.3 Å². The molecule has 2 aromatic rings. The van der Waals surface area contributed by atoms with Gasteiger partial charge in [0.25, 0.3) is 0 Å². The van der Waals surface area contributed by atoms with Gasteiger partial charge in [0, 0.05) is 6.07 Å². The number of halogens is 2. The van der Waals surface area contributed by atoms with Gasteiger partial charge in [0.1, 0.15) is 0 Å². The third-order valence-electron chi connectivity index (χ3n) is 2.11. The van der Waals surface area contributed by atoms with Crippen molar-refractivity contribution < 1.29 is 18.3 Å². The lowest BCUT2D eigenvalue weighted by Gasteiger charge is -2.00. The Morgan fingerprint density at radius 1 is 1.39 bits per heavy atom. The molecule has 0 saturated heterocycles. The Morgan fingerprint density at radius 3 is 2.83 bits per heavy atom. The van der Waals surface area contributed by atoms with Crippen LogP contribution >= 0.6 is 0 Å². The van der Waals surface area contributed by atoms with Crippen LogP contribution in [0.1, 0.15) is 17.4 Å². The minimum atomic E-state index is -1.01. The van der Waals surface area contributed by atoms with Crippen molar-refractivity contribution in [3.05, 3.63) is 41.7 Å². The fraction of sp³-hybridized carbons (Fsp3) is 0.182. The second-order valence-corrected chi connectivity index (χ2v) is 3.34. The highest BCUT2D eigenvalue weighted by molar-refractivity contribution is 5.86. The SMILES string of the molecule is CCOC(=O)c1cnn(-c2ccc(F)c(F)c2)n1. The molecular formula is C11H9F2N3O2. The van der Waals surface area contributed by atoms with Gasteiger partial charge in [0.05, 0.1) is 18.5 Å². The first-order valence-corrected chi connectivity index (χ1v) is 5.16. The van der Waals surface area contributed by atoms with Crippen LogP contribution in [0.4, 0.5) is 8.78 Å². The van der Waals surface area contributed by atoms with Crippen molar-refractivity contribution in [3.8, 4) is 5.69 Å². The van der Waals surface area contributed by atoms with Gasteiger partial charge in [-0.05, 0) is 19.1 Å². The number of hydrogen-bond acceptors (Lipinski definition) is 4. The lowest BCUT2D eigenvalue weighted by Crippen LogP contribution is -2.07. The molecule has 0 aliphatic carbocycles. The summed E-state index contributed by atoms with van der Waals surface area (Å²) in [6, 6.07) is 3.19. The van der Waals surface area contributed by atoms with Gasteiger partial charge >= 0.3 is 5.97 Å². The molecule has 0 aliphatic rings. The molecule has 1 heterocycles. The van der Waals surface area contributed by atoms with E-state index in [0.717, 1.165) is 16.9 Å². The van der Waals surface area contributed by atoms with Crippen LogP contribution in [0.2, 0.25) is 0 Å². The molecule has 5 nitrogen and oxygen atoms in total. The maximum atomic E-state index is 13.0. The fourth-order valence-electron chi connectivity index (χ4n) is 1.30. The highest BCUT2D eigenvalue weighted by Gasteiger charge is 2.13. The van der Waals surface area contributed by atoms with E-state index < -0.39 is 17.6 Å². The third kappa shape index (κ3) is 2.34. The summed E-state index contributed by atoms with van der Waals surface area (Å²) in [7, 11) is 0. The van der Waals surface area contributed by atoms with Crippen molar-refractivity contribution in [2.75, 3.05) is 6.61 Å². The molecule has 2 rings (SSSR count). The van der Waals surface area contributed by atoms with Crippen LogP contribution in [-0.2, 0) is 4.74 Å². The predicted octanol–water partition coefficient (Wildman–Crippen LogP) is 1.72. The van der Waals surface area contributed by atoms with Crippen molar-refractivity contribution in [1.29, 1.82) is 0 Å². The molecule has 0 spiro atoms. The number of rotatable bonds is 3. The standard InChI is InChI=1S/C11H9F2N3O2/c1-2-18-11(17)10-6-14-16(15-10)7-3-4-8(12)9(13)5-7/h3-6H,2H2,1H3. The first kappa shape index (κ1) is 12.2. The Labute approximate surface area is 101 Å². The molecular weight excluding hydrogens is 244 g/mol. The lowest BCUT2D eigenvalue weighted by atomic mass is 10.3. The average molecular weight is 253 g/mol. The number of benzene rings is 1.